The van der Waals surface area contributed by atoms with Gasteiger partial charge in [-0.1, -0.05) is 68.4 Å². The van der Waals surface area contributed by atoms with Crippen molar-refractivity contribution in [2.24, 2.45) is 0 Å². The van der Waals surface area contributed by atoms with E-state index < -0.39 is 0 Å². The number of hydrogen-bond donors (Lipinski definition) is 2. The molecule has 1 atom stereocenters. The van der Waals surface area contributed by atoms with Gasteiger partial charge in [0.1, 0.15) is 0 Å². The lowest BCUT2D eigenvalue weighted by Gasteiger charge is -2.31. The first-order valence-corrected chi connectivity index (χ1v) is 9.56. The SMILES string of the molecule is CCOC(=O)C1=C(c2ccccc2)NC(=S)NC1c1ccc(C(C)C)cc1. The van der Waals surface area contributed by atoms with Gasteiger partial charge in [0, 0.05) is 0 Å². The maximum Gasteiger partial charge on any atom is 0.338 e. The first-order chi connectivity index (χ1) is 13.0. The Morgan fingerprint density at radius 1 is 1.11 bits per heavy atom. The molecule has 0 aliphatic carbocycles. The zero-order chi connectivity index (χ0) is 19.4. The molecule has 2 N–H and O–H groups in total. The van der Waals surface area contributed by atoms with Crippen molar-refractivity contribution in [3.05, 3.63) is 76.9 Å². The van der Waals surface area contributed by atoms with Crippen molar-refractivity contribution in [2.45, 2.75) is 32.7 Å². The Labute approximate surface area is 165 Å². The minimum Gasteiger partial charge on any atom is -0.463 e. The molecule has 140 valence electrons. The number of nitrogens with one attached hydrogen (secondary N) is 2. The average Bonchev–Trinajstić information content (AvgIpc) is 2.68. The third kappa shape index (κ3) is 4.19. The van der Waals surface area contributed by atoms with Crippen molar-refractivity contribution in [3.63, 3.8) is 0 Å². The van der Waals surface area contributed by atoms with Crippen LogP contribution < -0.4 is 10.6 Å². The van der Waals surface area contributed by atoms with Crippen LogP contribution in [0.1, 0.15) is 49.4 Å². The number of carbonyl (C=O) groups is 1. The molecule has 5 heteroatoms. The van der Waals surface area contributed by atoms with E-state index in [9.17, 15) is 4.79 Å². The van der Waals surface area contributed by atoms with Crippen LogP contribution in [0, 0.1) is 0 Å². The second-order valence-electron chi connectivity index (χ2n) is 6.73. The van der Waals surface area contributed by atoms with E-state index in [1.165, 1.54) is 5.56 Å². The maximum absolute atomic E-state index is 12.8. The van der Waals surface area contributed by atoms with E-state index in [-0.39, 0.29) is 12.0 Å². The molecule has 27 heavy (non-hydrogen) atoms. The van der Waals surface area contributed by atoms with E-state index in [0.717, 1.165) is 11.1 Å². The second-order valence-corrected chi connectivity index (χ2v) is 7.14. The zero-order valence-corrected chi connectivity index (χ0v) is 16.6. The average molecular weight is 381 g/mol. The molecule has 1 aliphatic rings. The topological polar surface area (TPSA) is 50.4 Å². The Morgan fingerprint density at radius 2 is 1.78 bits per heavy atom. The van der Waals surface area contributed by atoms with E-state index in [1.807, 2.05) is 42.5 Å². The Morgan fingerprint density at radius 3 is 2.37 bits per heavy atom. The lowest BCUT2D eigenvalue weighted by atomic mass is 9.91. The predicted molar refractivity (Wildman–Crippen MR) is 112 cm³/mol. The fourth-order valence-corrected chi connectivity index (χ4v) is 3.37. The summed E-state index contributed by atoms with van der Waals surface area (Å²) in [6, 6.07) is 17.6. The van der Waals surface area contributed by atoms with E-state index >= 15 is 0 Å². The maximum atomic E-state index is 12.8. The van der Waals surface area contributed by atoms with Gasteiger partial charge in [0.2, 0.25) is 0 Å². The lowest BCUT2D eigenvalue weighted by Crippen LogP contribution is -2.45. The van der Waals surface area contributed by atoms with Gasteiger partial charge in [0.25, 0.3) is 0 Å². The fraction of sp³-hybridized carbons (Fsp3) is 0.273. The molecule has 1 heterocycles. The van der Waals surface area contributed by atoms with E-state index in [0.29, 0.717) is 28.9 Å². The zero-order valence-electron chi connectivity index (χ0n) is 15.8. The molecule has 0 bridgehead atoms. The van der Waals surface area contributed by atoms with Crippen LogP contribution in [0.4, 0.5) is 0 Å². The summed E-state index contributed by atoms with van der Waals surface area (Å²) in [5.74, 6) is 0.0952. The molecular weight excluding hydrogens is 356 g/mol. The first-order valence-electron chi connectivity index (χ1n) is 9.15. The van der Waals surface area contributed by atoms with Crippen molar-refractivity contribution in [1.82, 2.24) is 10.6 Å². The summed E-state index contributed by atoms with van der Waals surface area (Å²) in [5, 5.41) is 6.87. The molecule has 1 unspecified atom stereocenters. The number of ether oxygens (including phenoxy) is 1. The van der Waals surface area contributed by atoms with Crippen LogP contribution in [-0.2, 0) is 9.53 Å². The molecule has 0 saturated heterocycles. The highest BCUT2D eigenvalue weighted by molar-refractivity contribution is 7.80. The minimum absolute atomic E-state index is 0.313. The highest BCUT2D eigenvalue weighted by Gasteiger charge is 2.33. The molecule has 0 spiro atoms. The van der Waals surface area contributed by atoms with Crippen LogP contribution in [0.2, 0.25) is 0 Å². The summed E-state index contributed by atoms with van der Waals surface area (Å²) in [7, 11) is 0. The van der Waals surface area contributed by atoms with Crippen molar-refractivity contribution in [2.75, 3.05) is 6.61 Å². The molecule has 0 amide bonds. The fourth-order valence-electron chi connectivity index (χ4n) is 3.15. The van der Waals surface area contributed by atoms with Crippen LogP contribution in [-0.4, -0.2) is 17.7 Å². The lowest BCUT2D eigenvalue weighted by molar-refractivity contribution is -0.138. The van der Waals surface area contributed by atoms with Crippen molar-refractivity contribution < 1.29 is 9.53 Å². The third-order valence-electron chi connectivity index (χ3n) is 4.57. The summed E-state index contributed by atoms with van der Waals surface area (Å²) < 4.78 is 5.36. The molecule has 3 rings (SSSR count). The highest BCUT2D eigenvalue weighted by Crippen LogP contribution is 2.32. The third-order valence-corrected chi connectivity index (χ3v) is 4.79. The van der Waals surface area contributed by atoms with E-state index in [1.54, 1.807) is 6.92 Å². The van der Waals surface area contributed by atoms with Crippen LogP contribution >= 0.6 is 12.2 Å². The molecular formula is C22H24N2O2S. The van der Waals surface area contributed by atoms with E-state index in [2.05, 4.69) is 36.6 Å². The number of benzene rings is 2. The molecule has 2 aromatic rings. The molecule has 1 aliphatic heterocycles. The molecule has 0 fully saturated rings. The van der Waals surface area contributed by atoms with Gasteiger partial charge in [-0.15, -0.1) is 0 Å². The minimum atomic E-state index is -0.366. The normalized spacial score (nSPS) is 16.7. The van der Waals surface area contributed by atoms with Crippen LogP contribution in [0.25, 0.3) is 5.70 Å². The summed E-state index contributed by atoms with van der Waals surface area (Å²) >= 11 is 5.42. The number of carbonyl (C=O) groups excluding carboxylic acids is 1. The van der Waals surface area contributed by atoms with Gasteiger partial charge in [0.05, 0.1) is 23.9 Å². The predicted octanol–water partition coefficient (Wildman–Crippen LogP) is 4.30. The van der Waals surface area contributed by atoms with Crippen molar-refractivity contribution in [1.29, 1.82) is 0 Å². The van der Waals surface area contributed by atoms with Gasteiger partial charge in [0.15, 0.2) is 5.11 Å². The Bertz CT molecular complexity index is 858. The van der Waals surface area contributed by atoms with Crippen molar-refractivity contribution in [3.8, 4) is 0 Å². The number of rotatable bonds is 5. The van der Waals surface area contributed by atoms with E-state index in [4.69, 9.17) is 17.0 Å². The van der Waals surface area contributed by atoms with Crippen molar-refractivity contribution >= 4 is 29.0 Å². The highest BCUT2D eigenvalue weighted by atomic mass is 32.1. The largest absolute Gasteiger partial charge is 0.463 e. The van der Waals surface area contributed by atoms with Gasteiger partial charge in [-0.25, -0.2) is 4.79 Å². The molecule has 0 saturated carbocycles. The first kappa shape index (κ1) is 19.1. The molecule has 4 nitrogen and oxygen atoms in total. The smallest absolute Gasteiger partial charge is 0.338 e. The summed E-state index contributed by atoms with van der Waals surface area (Å²) in [6.07, 6.45) is 0. The monoisotopic (exact) mass is 380 g/mol. The van der Waals surface area contributed by atoms with Crippen LogP contribution in [0.3, 0.4) is 0 Å². The molecule has 0 radical (unpaired) electrons. The summed E-state index contributed by atoms with van der Waals surface area (Å²) in [5.41, 5.74) is 4.35. The van der Waals surface area contributed by atoms with Crippen LogP contribution in [0.5, 0.6) is 0 Å². The van der Waals surface area contributed by atoms with Gasteiger partial charge < -0.3 is 15.4 Å². The number of hydrogen-bond acceptors (Lipinski definition) is 3. The summed E-state index contributed by atoms with van der Waals surface area (Å²) in [6.45, 7) is 6.43. The second kappa shape index (κ2) is 8.35. The Kier molecular flexibility index (Phi) is 5.91. The Hall–Kier alpha value is -2.66. The standard InChI is InChI=1S/C22H24N2O2S/c1-4-26-21(25)18-19(16-8-6-5-7-9-16)23-22(27)24-20(18)17-12-10-15(11-13-17)14(2)3/h5-14,20H,4H2,1-3H3,(H2,23,24,27). The molecule has 0 aromatic heterocycles. The Balaban J connectivity index is 2.12. The summed E-state index contributed by atoms with van der Waals surface area (Å²) in [4.78, 5) is 12.8. The van der Waals surface area contributed by atoms with Gasteiger partial charge in [-0.3, -0.25) is 0 Å². The molecule has 2 aromatic carbocycles. The number of esters is 1. The number of thiocarbonyl (C=S) groups is 1. The van der Waals surface area contributed by atoms with Crippen LogP contribution in [0.15, 0.2) is 60.2 Å². The van der Waals surface area contributed by atoms with Gasteiger partial charge in [-0.05, 0) is 41.7 Å². The van der Waals surface area contributed by atoms with Gasteiger partial charge in [-0.2, -0.15) is 0 Å². The quantitative estimate of drug-likeness (QED) is 0.598. The van der Waals surface area contributed by atoms with Gasteiger partial charge >= 0.3 is 5.97 Å².